The van der Waals surface area contributed by atoms with Crippen LogP contribution in [-0.4, -0.2) is 29.6 Å². The highest BCUT2D eigenvalue weighted by molar-refractivity contribution is 5.95. The van der Waals surface area contributed by atoms with Crippen LogP contribution >= 0.6 is 0 Å². The van der Waals surface area contributed by atoms with Crippen LogP contribution in [0.2, 0.25) is 0 Å². The molecule has 1 aliphatic rings. The third-order valence-corrected chi connectivity index (χ3v) is 5.82. The molecule has 0 bridgehead atoms. The highest BCUT2D eigenvalue weighted by Gasteiger charge is 2.22. The summed E-state index contributed by atoms with van der Waals surface area (Å²) in [4.78, 5) is 2.45. The predicted molar refractivity (Wildman–Crippen MR) is 110 cm³/mol. The van der Waals surface area contributed by atoms with Gasteiger partial charge in [-0.1, -0.05) is 48.0 Å². The van der Waals surface area contributed by atoms with Gasteiger partial charge in [-0.25, -0.2) is 0 Å². The van der Waals surface area contributed by atoms with Gasteiger partial charge in [0, 0.05) is 36.0 Å². The number of likely N-dealkylation sites (N-methyl/N-ethyl adjacent to an activating group) is 1. The molecule has 1 aliphatic heterocycles. The Labute approximate surface area is 154 Å². The molecule has 1 aromatic heterocycles. The van der Waals surface area contributed by atoms with Crippen molar-refractivity contribution < 1.29 is 0 Å². The van der Waals surface area contributed by atoms with Crippen molar-refractivity contribution in [2.45, 2.75) is 19.8 Å². The van der Waals surface area contributed by atoms with Gasteiger partial charge in [0.2, 0.25) is 0 Å². The Morgan fingerprint density at radius 2 is 1.62 bits per heavy atom. The normalized spacial score (nSPS) is 15.3. The maximum atomic E-state index is 2.53. The van der Waals surface area contributed by atoms with Crippen LogP contribution in [0.15, 0.2) is 60.7 Å². The maximum absolute atomic E-state index is 2.53. The summed E-state index contributed by atoms with van der Waals surface area (Å²) >= 11 is 0. The van der Waals surface area contributed by atoms with E-state index in [0.717, 1.165) is 25.9 Å². The predicted octanol–water partition coefficient (Wildman–Crippen LogP) is 5.12. The van der Waals surface area contributed by atoms with Gasteiger partial charge in [-0.3, -0.25) is 0 Å². The molecular formula is C24H24N2. The van der Waals surface area contributed by atoms with E-state index in [1.54, 1.807) is 5.56 Å². The fraction of sp³-hybridized carbons (Fsp3) is 0.250. The monoisotopic (exact) mass is 340 g/mol. The number of benzene rings is 3. The molecule has 130 valence electrons. The van der Waals surface area contributed by atoms with Crippen LogP contribution in [0.3, 0.4) is 0 Å². The van der Waals surface area contributed by atoms with E-state index in [2.05, 4.69) is 84.1 Å². The number of fused-ring (bicyclic) bond motifs is 4. The molecule has 2 nitrogen and oxygen atoms in total. The van der Waals surface area contributed by atoms with E-state index in [1.165, 1.54) is 38.6 Å². The quantitative estimate of drug-likeness (QED) is 0.467. The first kappa shape index (κ1) is 15.7. The van der Waals surface area contributed by atoms with Crippen molar-refractivity contribution in [2.75, 3.05) is 20.1 Å². The fourth-order valence-electron chi connectivity index (χ4n) is 4.45. The molecular weight excluding hydrogens is 316 g/mol. The van der Waals surface area contributed by atoms with Crippen LogP contribution in [0.4, 0.5) is 0 Å². The number of hydrogen-bond acceptors (Lipinski definition) is 1. The Morgan fingerprint density at radius 3 is 2.54 bits per heavy atom. The molecule has 4 aromatic rings. The van der Waals surface area contributed by atoms with Crippen LogP contribution < -0.4 is 0 Å². The molecule has 0 aliphatic carbocycles. The van der Waals surface area contributed by atoms with E-state index in [1.807, 2.05) is 0 Å². The van der Waals surface area contributed by atoms with Crippen molar-refractivity contribution in [3.05, 3.63) is 77.5 Å². The van der Waals surface area contributed by atoms with Gasteiger partial charge in [0.25, 0.3) is 0 Å². The molecule has 26 heavy (non-hydrogen) atoms. The SMILES string of the molecule is Cc1ccc2c(c1)c1c(n2-c2cccc3ccccc23)CCN(C)CC1. The Hall–Kier alpha value is -2.58. The van der Waals surface area contributed by atoms with E-state index in [-0.39, 0.29) is 0 Å². The van der Waals surface area contributed by atoms with Gasteiger partial charge in [0.05, 0.1) is 11.2 Å². The molecule has 0 radical (unpaired) electrons. The minimum atomic E-state index is 1.10. The van der Waals surface area contributed by atoms with E-state index in [0.29, 0.717) is 0 Å². The average molecular weight is 340 g/mol. The second kappa shape index (κ2) is 6.00. The zero-order valence-corrected chi connectivity index (χ0v) is 15.5. The molecule has 3 aromatic carbocycles. The molecule has 2 heteroatoms. The largest absolute Gasteiger partial charge is 0.313 e. The van der Waals surface area contributed by atoms with Gasteiger partial charge in [0.1, 0.15) is 0 Å². The maximum Gasteiger partial charge on any atom is 0.0537 e. The van der Waals surface area contributed by atoms with Crippen molar-refractivity contribution in [3.8, 4) is 5.69 Å². The summed E-state index contributed by atoms with van der Waals surface area (Å²) in [5, 5.41) is 4.06. The molecule has 0 fully saturated rings. The van der Waals surface area contributed by atoms with Crippen molar-refractivity contribution in [1.29, 1.82) is 0 Å². The summed E-state index contributed by atoms with van der Waals surface area (Å²) in [5.41, 5.74) is 7.03. The molecule has 0 amide bonds. The lowest BCUT2D eigenvalue weighted by atomic mass is 10.1. The zero-order chi connectivity index (χ0) is 17.7. The number of aryl methyl sites for hydroxylation is 1. The van der Waals surface area contributed by atoms with Crippen LogP contribution in [-0.2, 0) is 12.8 Å². The minimum Gasteiger partial charge on any atom is -0.313 e. The molecule has 0 saturated carbocycles. The van der Waals surface area contributed by atoms with Gasteiger partial charge in [-0.15, -0.1) is 0 Å². The number of aromatic nitrogens is 1. The van der Waals surface area contributed by atoms with Gasteiger partial charge >= 0.3 is 0 Å². The van der Waals surface area contributed by atoms with E-state index in [9.17, 15) is 0 Å². The second-order valence-corrected chi connectivity index (χ2v) is 7.58. The van der Waals surface area contributed by atoms with Crippen LogP contribution in [0.5, 0.6) is 0 Å². The summed E-state index contributed by atoms with van der Waals surface area (Å²) in [6, 6.07) is 22.3. The summed E-state index contributed by atoms with van der Waals surface area (Å²) < 4.78 is 2.53. The number of hydrogen-bond donors (Lipinski definition) is 0. The van der Waals surface area contributed by atoms with E-state index < -0.39 is 0 Å². The average Bonchev–Trinajstić information content (AvgIpc) is 2.83. The van der Waals surface area contributed by atoms with Crippen molar-refractivity contribution in [2.24, 2.45) is 0 Å². The summed E-state index contributed by atoms with van der Waals surface area (Å²) in [6.07, 6.45) is 2.23. The smallest absolute Gasteiger partial charge is 0.0537 e. The third-order valence-electron chi connectivity index (χ3n) is 5.82. The molecule has 0 spiro atoms. The van der Waals surface area contributed by atoms with Crippen molar-refractivity contribution >= 4 is 21.7 Å². The number of rotatable bonds is 1. The van der Waals surface area contributed by atoms with Crippen LogP contribution in [0.25, 0.3) is 27.4 Å². The summed E-state index contributed by atoms with van der Waals surface area (Å²) in [6.45, 7) is 4.45. The lowest BCUT2D eigenvalue weighted by Gasteiger charge is -2.15. The highest BCUT2D eigenvalue weighted by atomic mass is 15.1. The first-order chi connectivity index (χ1) is 12.7. The summed E-state index contributed by atoms with van der Waals surface area (Å²) in [7, 11) is 2.24. The molecule has 2 heterocycles. The standard InChI is InChI=1S/C24H24N2/c1-17-10-11-23-21(16-17)20-12-14-25(2)15-13-24(20)26(23)22-9-5-7-18-6-3-4-8-19(18)22/h3-11,16H,12-15H2,1-2H3. The molecule has 5 rings (SSSR count). The lowest BCUT2D eigenvalue weighted by molar-refractivity contribution is 0.351. The van der Waals surface area contributed by atoms with Gasteiger partial charge < -0.3 is 9.47 Å². The Bertz CT molecular complexity index is 1110. The highest BCUT2D eigenvalue weighted by Crippen LogP contribution is 2.35. The van der Waals surface area contributed by atoms with Gasteiger partial charge in [-0.2, -0.15) is 0 Å². The molecule has 0 N–H and O–H groups in total. The van der Waals surface area contributed by atoms with E-state index >= 15 is 0 Å². The summed E-state index contributed by atoms with van der Waals surface area (Å²) in [5.74, 6) is 0. The zero-order valence-electron chi connectivity index (χ0n) is 15.5. The third kappa shape index (κ3) is 2.37. The molecule has 0 saturated heterocycles. The number of nitrogens with zero attached hydrogens (tertiary/aromatic N) is 2. The second-order valence-electron chi connectivity index (χ2n) is 7.58. The molecule has 0 atom stereocenters. The van der Waals surface area contributed by atoms with Crippen molar-refractivity contribution in [1.82, 2.24) is 9.47 Å². The topological polar surface area (TPSA) is 8.17 Å². The Kier molecular flexibility index (Phi) is 3.61. The van der Waals surface area contributed by atoms with Gasteiger partial charge in [0.15, 0.2) is 0 Å². The van der Waals surface area contributed by atoms with Crippen LogP contribution in [0, 0.1) is 6.92 Å². The Balaban J connectivity index is 1.88. The minimum absolute atomic E-state index is 1.10. The van der Waals surface area contributed by atoms with Crippen LogP contribution in [0.1, 0.15) is 16.8 Å². The molecule has 0 unspecified atom stereocenters. The fourth-order valence-corrected chi connectivity index (χ4v) is 4.45. The van der Waals surface area contributed by atoms with Gasteiger partial charge in [-0.05, 0) is 49.5 Å². The first-order valence-electron chi connectivity index (χ1n) is 9.52. The first-order valence-corrected chi connectivity index (χ1v) is 9.52. The van der Waals surface area contributed by atoms with Crippen molar-refractivity contribution in [3.63, 3.8) is 0 Å². The lowest BCUT2D eigenvalue weighted by Crippen LogP contribution is -2.21. The van der Waals surface area contributed by atoms with E-state index in [4.69, 9.17) is 0 Å². The Morgan fingerprint density at radius 1 is 0.808 bits per heavy atom.